The molecule has 116 valence electrons. The van der Waals surface area contributed by atoms with Gasteiger partial charge in [0.1, 0.15) is 0 Å². The van der Waals surface area contributed by atoms with E-state index in [1.807, 2.05) is 13.1 Å². The van der Waals surface area contributed by atoms with Crippen molar-refractivity contribution in [1.29, 1.82) is 0 Å². The summed E-state index contributed by atoms with van der Waals surface area (Å²) in [7, 11) is 2.04. The molecular weight excluding hydrogens is 264 g/mol. The first-order chi connectivity index (χ1) is 10.3. The molecule has 4 nitrogen and oxygen atoms in total. The second-order valence-corrected chi connectivity index (χ2v) is 6.15. The minimum absolute atomic E-state index is 0.333. The lowest BCUT2D eigenvalue weighted by molar-refractivity contribution is 0.173. The fraction of sp³-hybridized carbons (Fsp3) is 0.647. The molecule has 4 heteroatoms. The lowest BCUT2D eigenvalue weighted by Gasteiger charge is -2.31. The Balaban J connectivity index is 1.72. The van der Waals surface area contributed by atoms with Gasteiger partial charge in [0.25, 0.3) is 0 Å². The Bertz CT molecular complexity index is 478. The van der Waals surface area contributed by atoms with E-state index in [9.17, 15) is 0 Å². The second-order valence-electron chi connectivity index (χ2n) is 6.15. The van der Waals surface area contributed by atoms with E-state index in [0.717, 1.165) is 18.0 Å². The van der Waals surface area contributed by atoms with Crippen molar-refractivity contribution in [3.63, 3.8) is 0 Å². The molecule has 3 rings (SSSR count). The maximum absolute atomic E-state index is 5.50. The summed E-state index contributed by atoms with van der Waals surface area (Å²) in [5.74, 6) is 1.73. The van der Waals surface area contributed by atoms with E-state index >= 15 is 0 Å². The first kappa shape index (κ1) is 14.7. The van der Waals surface area contributed by atoms with Gasteiger partial charge in [-0.25, -0.2) is 0 Å². The van der Waals surface area contributed by atoms with Gasteiger partial charge in [-0.05, 0) is 51.1 Å². The van der Waals surface area contributed by atoms with Crippen LogP contribution in [0.1, 0.15) is 44.2 Å². The number of nitrogens with zero attached hydrogens (tertiary/aromatic N) is 1. The van der Waals surface area contributed by atoms with Gasteiger partial charge in [-0.2, -0.15) is 0 Å². The van der Waals surface area contributed by atoms with Gasteiger partial charge in [0.05, 0.1) is 0 Å². The van der Waals surface area contributed by atoms with E-state index in [4.69, 9.17) is 9.47 Å². The van der Waals surface area contributed by atoms with Crippen molar-refractivity contribution in [2.75, 3.05) is 26.9 Å². The normalized spacial score (nSPS) is 23.8. The maximum atomic E-state index is 5.50. The Morgan fingerprint density at radius 1 is 1.24 bits per heavy atom. The van der Waals surface area contributed by atoms with E-state index in [2.05, 4.69) is 29.3 Å². The second kappa shape index (κ2) is 6.67. The number of benzene rings is 1. The predicted molar refractivity (Wildman–Crippen MR) is 83.9 cm³/mol. The van der Waals surface area contributed by atoms with Crippen LogP contribution in [0.2, 0.25) is 0 Å². The lowest BCUT2D eigenvalue weighted by atomic mass is 10.0. The van der Waals surface area contributed by atoms with Gasteiger partial charge in [0, 0.05) is 18.6 Å². The summed E-state index contributed by atoms with van der Waals surface area (Å²) in [4.78, 5) is 2.62. The van der Waals surface area contributed by atoms with Crippen molar-refractivity contribution in [2.45, 2.75) is 44.7 Å². The molecule has 0 radical (unpaired) electrons. The third kappa shape index (κ3) is 3.33. The number of hydrogen-bond donors (Lipinski definition) is 1. The summed E-state index contributed by atoms with van der Waals surface area (Å²) in [5.41, 5.74) is 1.28. The fourth-order valence-electron chi connectivity index (χ4n) is 3.33. The van der Waals surface area contributed by atoms with Crippen LogP contribution in [-0.2, 0) is 0 Å². The molecule has 1 fully saturated rings. The fourth-order valence-corrected chi connectivity index (χ4v) is 3.33. The van der Waals surface area contributed by atoms with Crippen molar-refractivity contribution in [1.82, 2.24) is 10.2 Å². The molecule has 21 heavy (non-hydrogen) atoms. The summed E-state index contributed by atoms with van der Waals surface area (Å²) in [6.07, 6.45) is 5.38. The van der Waals surface area contributed by atoms with Crippen LogP contribution in [0, 0.1) is 0 Å². The minimum atomic E-state index is 0.333. The summed E-state index contributed by atoms with van der Waals surface area (Å²) >= 11 is 0. The van der Waals surface area contributed by atoms with E-state index in [1.165, 1.54) is 37.8 Å². The van der Waals surface area contributed by atoms with Crippen LogP contribution in [0.3, 0.4) is 0 Å². The highest BCUT2D eigenvalue weighted by Gasteiger charge is 2.22. The quantitative estimate of drug-likeness (QED) is 0.924. The molecule has 2 atom stereocenters. The van der Waals surface area contributed by atoms with E-state index in [-0.39, 0.29) is 0 Å². The van der Waals surface area contributed by atoms with Crippen LogP contribution < -0.4 is 14.8 Å². The van der Waals surface area contributed by atoms with Gasteiger partial charge in [-0.1, -0.05) is 18.9 Å². The van der Waals surface area contributed by atoms with Crippen molar-refractivity contribution in [2.24, 2.45) is 0 Å². The summed E-state index contributed by atoms with van der Waals surface area (Å²) in [6.45, 7) is 4.96. The van der Waals surface area contributed by atoms with Gasteiger partial charge < -0.3 is 14.8 Å². The standard InChI is InChI=1S/C17H26N2O2/c1-13-6-4-3-5-9-19(13)11-15(18-2)14-7-8-16-17(10-14)21-12-20-16/h7-8,10,13,15,18H,3-6,9,11-12H2,1-2H3. The zero-order valence-corrected chi connectivity index (χ0v) is 13.1. The monoisotopic (exact) mass is 290 g/mol. The summed E-state index contributed by atoms with van der Waals surface area (Å²) in [5, 5.41) is 3.46. The zero-order chi connectivity index (χ0) is 14.7. The van der Waals surface area contributed by atoms with Gasteiger partial charge in [0.2, 0.25) is 6.79 Å². The number of likely N-dealkylation sites (N-methyl/N-ethyl adjacent to an activating group) is 1. The Morgan fingerprint density at radius 3 is 2.95 bits per heavy atom. The van der Waals surface area contributed by atoms with Crippen LogP contribution in [-0.4, -0.2) is 37.9 Å². The van der Waals surface area contributed by atoms with E-state index < -0.39 is 0 Å². The molecule has 0 aliphatic carbocycles. The van der Waals surface area contributed by atoms with Gasteiger partial charge in [-0.15, -0.1) is 0 Å². The number of ether oxygens (including phenoxy) is 2. The molecule has 0 spiro atoms. The highest BCUT2D eigenvalue weighted by Crippen LogP contribution is 2.34. The van der Waals surface area contributed by atoms with Crippen molar-refractivity contribution in [3.8, 4) is 11.5 Å². The van der Waals surface area contributed by atoms with Gasteiger partial charge in [0.15, 0.2) is 11.5 Å². The van der Waals surface area contributed by atoms with Crippen LogP contribution in [0.15, 0.2) is 18.2 Å². The SMILES string of the molecule is CNC(CN1CCCCCC1C)c1ccc2c(c1)OCO2. The largest absolute Gasteiger partial charge is 0.454 e. The topological polar surface area (TPSA) is 33.7 Å². The molecule has 2 unspecified atom stereocenters. The molecule has 1 aromatic carbocycles. The Labute approximate surface area is 127 Å². The Hall–Kier alpha value is -1.26. The number of hydrogen-bond acceptors (Lipinski definition) is 4. The highest BCUT2D eigenvalue weighted by atomic mass is 16.7. The minimum Gasteiger partial charge on any atom is -0.454 e. The Kier molecular flexibility index (Phi) is 4.66. The molecule has 0 bridgehead atoms. The van der Waals surface area contributed by atoms with E-state index in [0.29, 0.717) is 18.9 Å². The predicted octanol–water partition coefficient (Wildman–Crippen LogP) is 2.94. The third-order valence-corrected chi connectivity index (χ3v) is 4.76. The number of fused-ring (bicyclic) bond motifs is 1. The lowest BCUT2D eigenvalue weighted by Crippen LogP contribution is -2.39. The molecule has 1 N–H and O–H groups in total. The molecule has 1 aromatic rings. The number of likely N-dealkylation sites (tertiary alicyclic amines) is 1. The van der Waals surface area contributed by atoms with Gasteiger partial charge in [-0.3, -0.25) is 4.90 Å². The first-order valence-electron chi connectivity index (χ1n) is 8.09. The number of nitrogens with one attached hydrogen (secondary N) is 1. The first-order valence-corrected chi connectivity index (χ1v) is 8.09. The molecule has 2 aliphatic rings. The van der Waals surface area contributed by atoms with Crippen molar-refractivity contribution >= 4 is 0 Å². The van der Waals surface area contributed by atoms with Crippen LogP contribution >= 0.6 is 0 Å². The van der Waals surface area contributed by atoms with Crippen LogP contribution in [0.25, 0.3) is 0 Å². The molecular formula is C17H26N2O2. The third-order valence-electron chi connectivity index (χ3n) is 4.76. The number of rotatable bonds is 4. The van der Waals surface area contributed by atoms with Crippen molar-refractivity contribution < 1.29 is 9.47 Å². The molecule has 2 heterocycles. The molecule has 0 aromatic heterocycles. The summed E-state index contributed by atoms with van der Waals surface area (Å²) < 4.78 is 10.9. The Morgan fingerprint density at radius 2 is 2.10 bits per heavy atom. The molecule has 0 amide bonds. The highest BCUT2D eigenvalue weighted by molar-refractivity contribution is 5.45. The molecule has 1 saturated heterocycles. The summed E-state index contributed by atoms with van der Waals surface area (Å²) in [6, 6.07) is 7.30. The van der Waals surface area contributed by atoms with Crippen LogP contribution in [0.5, 0.6) is 11.5 Å². The average Bonchev–Trinajstić information content (AvgIpc) is 2.88. The average molecular weight is 290 g/mol. The smallest absolute Gasteiger partial charge is 0.231 e. The molecule has 0 saturated carbocycles. The van der Waals surface area contributed by atoms with Crippen molar-refractivity contribution in [3.05, 3.63) is 23.8 Å². The zero-order valence-electron chi connectivity index (χ0n) is 13.1. The maximum Gasteiger partial charge on any atom is 0.231 e. The van der Waals surface area contributed by atoms with Gasteiger partial charge >= 0.3 is 0 Å². The van der Waals surface area contributed by atoms with E-state index in [1.54, 1.807) is 0 Å². The van der Waals surface area contributed by atoms with Crippen LogP contribution in [0.4, 0.5) is 0 Å². The molecule has 2 aliphatic heterocycles.